The third-order valence-corrected chi connectivity index (χ3v) is 13.4. The number of rotatable bonds is 14. The van der Waals surface area contributed by atoms with Crippen molar-refractivity contribution in [3.05, 3.63) is 65.9 Å². The van der Waals surface area contributed by atoms with Gasteiger partial charge in [0.05, 0.1) is 62.4 Å². The standard InChI is InChI=1S/C48H60N8O9/c1-9-26(4)41(54-48(60)64-8)46(58)55-20-27(22-61-5)14-37(55)43-49-19-36(51-43)30-10-12-32-31(16-30)24-65-39-18-33-29(17-34(32)39)11-13-35-42(33)52-44(50-35)38-15-28(23-62-6)21-56(38)45(57)40(25(2)3)53-47(59)63-7/h10-13,16-19,25-28,37-38,40-41H,9,14-15,20-24H2,1-8H3,(H,49,51)(H,50,52)(H,53,59)(H,54,60)/t26-,27-,28-,37-,38-,40-,41-/m0/s1. The number of benzene rings is 3. The van der Waals surface area contributed by atoms with E-state index in [-0.39, 0.29) is 47.6 Å². The van der Waals surface area contributed by atoms with E-state index in [1.807, 2.05) is 49.6 Å². The van der Waals surface area contributed by atoms with Crippen molar-refractivity contribution < 1.29 is 42.9 Å². The molecule has 2 aromatic heterocycles. The van der Waals surface area contributed by atoms with Gasteiger partial charge in [0.25, 0.3) is 0 Å². The summed E-state index contributed by atoms with van der Waals surface area (Å²) in [5, 5.41) is 7.42. The van der Waals surface area contributed by atoms with Gasteiger partial charge in [0, 0.05) is 50.1 Å². The molecule has 0 bridgehead atoms. The number of nitrogens with one attached hydrogen (secondary N) is 4. The molecule has 4 amide bonds. The van der Waals surface area contributed by atoms with Crippen LogP contribution in [0.15, 0.2) is 48.7 Å². The molecule has 17 heteroatoms. The molecule has 17 nitrogen and oxygen atoms in total. The monoisotopic (exact) mass is 892 g/mol. The number of fused-ring (bicyclic) bond motifs is 6. The molecule has 0 saturated carbocycles. The number of alkyl carbamates (subject to hydrolysis) is 2. The first kappa shape index (κ1) is 45.4. The predicted molar refractivity (Wildman–Crippen MR) is 243 cm³/mol. The van der Waals surface area contributed by atoms with Gasteiger partial charge in [-0.2, -0.15) is 0 Å². The highest BCUT2D eigenvalue weighted by Gasteiger charge is 2.43. The molecule has 2 fully saturated rings. The zero-order valence-electron chi connectivity index (χ0n) is 38.4. The van der Waals surface area contributed by atoms with Crippen LogP contribution in [0, 0.1) is 23.7 Å². The predicted octanol–water partition coefficient (Wildman–Crippen LogP) is 6.89. The van der Waals surface area contributed by atoms with Crippen LogP contribution in [0.5, 0.6) is 5.75 Å². The number of methoxy groups -OCH3 is 4. The van der Waals surface area contributed by atoms with E-state index < -0.39 is 24.3 Å². The summed E-state index contributed by atoms with van der Waals surface area (Å²) < 4.78 is 27.2. The van der Waals surface area contributed by atoms with Gasteiger partial charge in [-0.05, 0) is 71.0 Å². The van der Waals surface area contributed by atoms with E-state index >= 15 is 0 Å². The molecule has 0 radical (unpaired) electrons. The maximum absolute atomic E-state index is 14.1. The van der Waals surface area contributed by atoms with E-state index in [1.165, 1.54) is 14.2 Å². The Kier molecular flexibility index (Phi) is 13.3. The minimum absolute atomic E-state index is 0.0916. The minimum atomic E-state index is -0.766. The summed E-state index contributed by atoms with van der Waals surface area (Å²) >= 11 is 0. The van der Waals surface area contributed by atoms with E-state index in [2.05, 4.69) is 50.9 Å². The zero-order chi connectivity index (χ0) is 46.1. The van der Waals surface area contributed by atoms with Gasteiger partial charge in [-0.3, -0.25) is 9.59 Å². The molecule has 5 aromatic rings. The van der Waals surface area contributed by atoms with E-state index in [0.717, 1.165) is 55.5 Å². The number of amides is 4. The van der Waals surface area contributed by atoms with Crippen LogP contribution in [0.4, 0.5) is 9.59 Å². The third kappa shape index (κ3) is 8.95. The van der Waals surface area contributed by atoms with Gasteiger partial charge in [0.2, 0.25) is 11.8 Å². The first-order valence-electron chi connectivity index (χ1n) is 22.4. The van der Waals surface area contributed by atoms with Crippen molar-refractivity contribution in [2.45, 2.75) is 77.7 Å². The second kappa shape index (κ2) is 19.1. The fourth-order valence-corrected chi connectivity index (χ4v) is 9.77. The Morgan fingerprint density at radius 1 is 0.800 bits per heavy atom. The van der Waals surface area contributed by atoms with Crippen molar-refractivity contribution in [1.29, 1.82) is 0 Å². The van der Waals surface area contributed by atoms with Gasteiger partial charge in [0.1, 0.15) is 36.1 Å². The fourth-order valence-electron chi connectivity index (χ4n) is 9.77. The van der Waals surface area contributed by atoms with Gasteiger partial charge >= 0.3 is 12.2 Å². The lowest BCUT2D eigenvalue weighted by molar-refractivity contribution is -0.136. The molecule has 3 aliphatic rings. The molecule has 346 valence electrons. The van der Waals surface area contributed by atoms with E-state index in [4.69, 9.17) is 33.7 Å². The molecule has 2 saturated heterocycles. The lowest BCUT2D eigenvalue weighted by Gasteiger charge is -2.31. The Morgan fingerprint density at radius 2 is 1.45 bits per heavy atom. The average molecular weight is 893 g/mol. The van der Waals surface area contributed by atoms with Gasteiger partial charge in [-0.15, -0.1) is 0 Å². The largest absolute Gasteiger partial charge is 0.488 e. The lowest BCUT2D eigenvalue weighted by Crippen LogP contribution is -2.51. The summed E-state index contributed by atoms with van der Waals surface area (Å²) in [5.74, 6) is 1.64. The smallest absolute Gasteiger partial charge is 0.407 e. The molecular formula is C48H60N8O9. The van der Waals surface area contributed by atoms with Crippen LogP contribution in [0.3, 0.4) is 0 Å². The van der Waals surface area contributed by atoms with Crippen molar-refractivity contribution in [2.24, 2.45) is 23.7 Å². The van der Waals surface area contributed by atoms with Gasteiger partial charge < -0.3 is 54.1 Å². The summed E-state index contributed by atoms with van der Waals surface area (Å²) in [4.78, 5) is 73.4. The maximum atomic E-state index is 14.1. The van der Waals surface area contributed by atoms with Gasteiger partial charge in [0.15, 0.2) is 0 Å². The second-order valence-electron chi connectivity index (χ2n) is 18.0. The van der Waals surface area contributed by atoms with E-state index in [0.29, 0.717) is 63.8 Å². The van der Waals surface area contributed by atoms with Crippen molar-refractivity contribution >= 4 is 45.8 Å². The molecule has 3 aromatic carbocycles. The fraction of sp³-hybridized carbons (Fsp3) is 0.500. The SMILES string of the molecule is CC[C@H](C)[C@H](NC(=O)OC)C(=O)N1C[C@@H](COC)C[C@H]1c1ncc(-c2ccc3c(c2)COc2cc4c(ccc5[nH]c([C@@H]6C[C@H](COC)CN6C(=O)[C@@H](NC(=O)OC)C(C)C)nc54)cc2-3)[nH]1. The van der Waals surface area contributed by atoms with Crippen molar-refractivity contribution in [3.63, 3.8) is 0 Å². The lowest BCUT2D eigenvalue weighted by atomic mass is 9.92. The quantitative estimate of drug-likeness (QED) is 0.0905. The Morgan fingerprint density at radius 3 is 2.08 bits per heavy atom. The number of hydrogen-bond donors (Lipinski definition) is 4. The minimum Gasteiger partial charge on any atom is -0.488 e. The van der Waals surface area contributed by atoms with Crippen LogP contribution >= 0.6 is 0 Å². The molecule has 5 heterocycles. The summed E-state index contributed by atoms with van der Waals surface area (Å²) in [7, 11) is 5.90. The Hall–Kier alpha value is -6.20. The Bertz CT molecular complexity index is 2570. The van der Waals surface area contributed by atoms with Crippen LogP contribution in [0.2, 0.25) is 0 Å². The number of likely N-dealkylation sites (tertiary alicyclic amines) is 2. The maximum Gasteiger partial charge on any atom is 0.407 e. The van der Waals surface area contributed by atoms with Crippen LogP contribution in [0.1, 0.15) is 76.3 Å². The second-order valence-corrected chi connectivity index (χ2v) is 18.0. The number of imidazole rings is 2. The van der Waals surface area contributed by atoms with Crippen LogP contribution in [-0.2, 0) is 35.1 Å². The highest BCUT2D eigenvalue weighted by molar-refractivity contribution is 6.07. The molecule has 7 atom stereocenters. The number of aromatic nitrogens is 4. The highest BCUT2D eigenvalue weighted by Crippen LogP contribution is 2.44. The van der Waals surface area contributed by atoms with Crippen molar-refractivity contribution in [3.8, 4) is 28.1 Å². The number of ether oxygens (including phenoxy) is 5. The number of H-pyrrole nitrogens is 2. The highest BCUT2D eigenvalue weighted by atomic mass is 16.5. The third-order valence-electron chi connectivity index (χ3n) is 13.4. The number of aromatic amines is 2. The molecule has 8 rings (SSSR count). The van der Waals surface area contributed by atoms with E-state index in [1.54, 1.807) is 20.4 Å². The normalized spacial score (nSPS) is 20.6. The molecule has 0 aliphatic carbocycles. The number of carbonyl (C=O) groups excluding carboxylic acids is 4. The molecule has 0 spiro atoms. The number of carbonyl (C=O) groups is 4. The average Bonchev–Trinajstić information content (AvgIpc) is 4.14. The first-order valence-corrected chi connectivity index (χ1v) is 22.4. The zero-order valence-corrected chi connectivity index (χ0v) is 38.4. The summed E-state index contributed by atoms with van der Waals surface area (Å²) in [6, 6.07) is 12.4. The number of hydrogen-bond acceptors (Lipinski definition) is 11. The van der Waals surface area contributed by atoms with Crippen LogP contribution in [-0.4, -0.2) is 121 Å². The van der Waals surface area contributed by atoms with E-state index in [9.17, 15) is 19.2 Å². The molecule has 3 aliphatic heterocycles. The summed E-state index contributed by atoms with van der Waals surface area (Å²) in [6.07, 6.45) is 2.52. The first-order chi connectivity index (χ1) is 31.3. The van der Waals surface area contributed by atoms with Crippen LogP contribution in [0.25, 0.3) is 44.2 Å². The number of nitrogens with zero attached hydrogens (tertiary/aromatic N) is 4. The molecule has 65 heavy (non-hydrogen) atoms. The topological polar surface area (TPSA) is 202 Å². The Labute approximate surface area is 378 Å². The van der Waals surface area contributed by atoms with Crippen molar-refractivity contribution in [2.75, 3.05) is 54.7 Å². The van der Waals surface area contributed by atoms with Gasteiger partial charge in [-0.25, -0.2) is 19.6 Å². The van der Waals surface area contributed by atoms with Crippen molar-refractivity contribution in [1.82, 2.24) is 40.4 Å². The van der Waals surface area contributed by atoms with Crippen LogP contribution < -0.4 is 15.4 Å². The molecule has 0 unspecified atom stereocenters. The molecule has 4 N–H and O–H groups in total. The molecular weight excluding hydrogens is 833 g/mol. The summed E-state index contributed by atoms with van der Waals surface area (Å²) in [6.45, 7) is 10.0. The Balaban J connectivity index is 1.06. The van der Waals surface area contributed by atoms with Gasteiger partial charge in [-0.1, -0.05) is 52.3 Å². The summed E-state index contributed by atoms with van der Waals surface area (Å²) in [5.41, 5.74) is 6.43.